The Labute approximate surface area is 109 Å². The summed E-state index contributed by atoms with van der Waals surface area (Å²) in [7, 11) is 0. The van der Waals surface area contributed by atoms with Crippen LogP contribution in [0.3, 0.4) is 0 Å². The van der Waals surface area contributed by atoms with Crippen molar-refractivity contribution in [1.82, 2.24) is 5.32 Å². The molecule has 0 aliphatic carbocycles. The Bertz CT molecular complexity index is 349. The maximum atomic E-state index is 13.6. The van der Waals surface area contributed by atoms with Crippen molar-refractivity contribution in [2.45, 2.75) is 13.0 Å². The van der Waals surface area contributed by atoms with Crippen LogP contribution >= 0.6 is 15.9 Å². The average molecular weight is 306 g/mol. The lowest BCUT2D eigenvalue weighted by Crippen LogP contribution is -2.24. The maximum Gasteiger partial charge on any atom is 0.129 e. The number of hydrogen-bond donors (Lipinski definition) is 2. The molecule has 1 rings (SSSR count). The van der Waals surface area contributed by atoms with E-state index in [0.29, 0.717) is 25.3 Å². The molecule has 0 radical (unpaired) electrons. The fourth-order valence-corrected chi connectivity index (χ4v) is 1.81. The van der Waals surface area contributed by atoms with Crippen molar-refractivity contribution in [3.8, 4) is 0 Å². The zero-order chi connectivity index (χ0) is 12.7. The SMILES string of the molecule is CC(NCCOCCO)c1ccc(Br)cc1F. The molecule has 0 heterocycles. The molecule has 2 N–H and O–H groups in total. The van der Waals surface area contributed by atoms with Gasteiger partial charge in [-0.2, -0.15) is 0 Å². The summed E-state index contributed by atoms with van der Waals surface area (Å²) in [5.41, 5.74) is 0.635. The minimum absolute atomic E-state index is 0.0247. The number of rotatable bonds is 7. The molecular formula is C12H17BrFNO2. The Balaban J connectivity index is 2.38. The standard InChI is InChI=1S/C12H17BrFNO2/c1-9(15-4-6-17-7-5-16)11-3-2-10(13)8-12(11)14/h2-3,8-9,15-16H,4-7H2,1H3. The third-order valence-electron chi connectivity index (χ3n) is 2.36. The van der Waals surface area contributed by atoms with Gasteiger partial charge in [0.2, 0.25) is 0 Å². The molecule has 0 aromatic heterocycles. The lowest BCUT2D eigenvalue weighted by atomic mass is 10.1. The van der Waals surface area contributed by atoms with Gasteiger partial charge in [-0.25, -0.2) is 4.39 Å². The van der Waals surface area contributed by atoms with Crippen LogP contribution in [-0.2, 0) is 4.74 Å². The van der Waals surface area contributed by atoms with Crippen LogP contribution in [0.5, 0.6) is 0 Å². The van der Waals surface area contributed by atoms with E-state index in [0.717, 1.165) is 4.47 Å². The van der Waals surface area contributed by atoms with Gasteiger partial charge in [-0.05, 0) is 19.1 Å². The van der Waals surface area contributed by atoms with Gasteiger partial charge in [0.15, 0.2) is 0 Å². The van der Waals surface area contributed by atoms with Gasteiger partial charge in [-0.1, -0.05) is 22.0 Å². The number of nitrogens with one attached hydrogen (secondary N) is 1. The minimum atomic E-state index is -0.226. The fourth-order valence-electron chi connectivity index (χ4n) is 1.48. The Kier molecular flexibility index (Phi) is 6.65. The van der Waals surface area contributed by atoms with E-state index in [2.05, 4.69) is 21.2 Å². The zero-order valence-electron chi connectivity index (χ0n) is 9.75. The van der Waals surface area contributed by atoms with Crippen molar-refractivity contribution < 1.29 is 14.2 Å². The van der Waals surface area contributed by atoms with Crippen LogP contribution in [0.2, 0.25) is 0 Å². The second-order valence-corrected chi connectivity index (χ2v) is 4.59. The fraction of sp³-hybridized carbons (Fsp3) is 0.500. The molecule has 1 atom stereocenters. The predicted octanol–water partition coefficient (Wildman–Crippen LogP) is 2.25. The zero-order valence-corrected chi connectivity index (χ0v) is 11.3. The van der Waals surface area contributed by atoms with Gasteiger partial charge >= 0.3 is 0 Å². The van der Waals surface area contributed by atoms with Gasteiger partial charge in [0.1, 0.15) is 5.82 Å². The van der Waals surface area contributed by atoms with Crippen LogP contribution in [0.15, 0.2) is 22.7 Å². The summed E-state index contributed by atoms with van der Waals surface area (Å²) < 4.78 is 19.4. The molecule has 0 saturated heterocycles. The van der Waals surface area contributed by atoms with Crippen LogP contribution < -0.4 is 5.32 Å². The largest absolute Gasteiger partial charge is 0.394 e. The molecule has 3 nitrogen and oxygen atoms in total. The van der Waals surface area contributed by atoms with E-state index in [1.807, 2.05) is 13.0 Å². The molecule has 0 fully saturated rings. The summed E-state index contributed by atoms with van der Waals surface area (Å²) in [6, 6.07) is 4.96. The third kappa shape index (κ3) is 5.12. The predicted molar refractivity (Wildman–Crippen MR) is 68.4 cm³/mol. The average Bonchev–Trinajstić information content (AvgIpc) is 2.28. The molecule has 17 heavy (non-hydrogen) atoms. The van der Waals surface area contributed by atoms with Gasteiger partial charge in [0.05, 0.1) is 19.8 Å². The number of hydrogen-bond acceptors (Lipinski definition) is 3. The topological polar surface area (TPSA) is 41.5 Å². The van der Waals surface area contributed by atoms with Crippen LogP contribution in [0, 0.1) is 5.82 Å². The number of ether oxygens (including phenoxy) is 1. The first-order valence-corrected chi connectivity index (χ1v) is 6.31. The summed E-state index contributed by atoms with van der Waals surface area (Å²) in [4.78, 5) is 0. The van der Waals surface area contributed by atoms with Gasteiger partial charge in [0.25, 0.3) is 0 Å². The Morgan fingerprint density at radius 2 is 2.24 bits per heavy atom. The molecule has 5 heteroatoms. The van der Waals surface area contributed by atoms with Crippen molar-refractivity contribution in [3.05, 3.63) is 34.1 Å². The normalized spacial score (nSPS) is 12.7. The molecule has 0 spiro atoms. The highest BCUT2D eigenvalue weighted by Crippen LogP contribution is 2.20. The van der Waals surface area contributed by atoms with Gasteiger partial charge in [0, 0.05) is 22.6 Å². The van der Waals surface area contributed by atoms with Crippen LogP contribution in [0.1, 0.15) is 18.5 Å². The molecule has 0 aliphatic heterocycles. The molecule has 0 bridgehead atoms. The first-order valence-electron chi connectivity index (χ1n) is 5.52. The highest BCUT2D eigenvalue weighted by atomic mass is 79.9. The molecular weight excluding hydrogens is 289 g/mol. The Morgan fingerprint density at radius 1 is 1.47 bits per heavy atom. The Hall–Kier alpha value is -0.490. The first kappa shape index (κ1) is 14.6. The second kappa shape index (κ2) is 7.76. The number of aliphatic hydroxyl groups excluding tert-OH is 1. The molecule has 0 amide bonds. The summed E-state index contributed by atoms with van der Waals surface area (Å²) in [6.45, 7) is 3.39. The molecule has 1 unspecified atom stereocenters. The van der Waals surface area contributed by atoms with E-state index >= 15 is 0 Å². The highest BCUT2D eigenvalue weighted by molar-refractivity contribution is 9.10. The monoisotopic (exact) mass is 305 g/mol. The smallest absolute Gasteiger partial charge is 0.129 e. The minimum Gasteiger partial charge on any atom is -0.394 e. The van der Waals surface area contributed by atoms with Crippen LogP contribution in [-0.4, -0.2) is 31.5 Å². The van der Waals surface area contributed by atoms with Crippen molar-refractivity contribution >= 4 is 15.9 Å². The lowest BCUT2D eigenvalue weighted by molar-refractivity contribution is 0.0928. The van der Waals surface area contributed by atoms with E-state index in [1.165, 1.54) is 6.07 Å². The van der Waals surface area contributed by atoms with Crippen molar-refractivity contribution in [2.75, 3.05) is 26.4 Å². The van der Waals surface area contributed by atoms with Gasteiger partial charge in [-0.3, -0.25) is 0 Å². The van der Waals surface area contributed by atoms with E-state index in [4.69, 9.17) is 9.84 Å². The Morgan fingerprint density at radius 3 is 2.88 bits per heavy atom. The van der Waals surface area contributed by atoms with E-state index in [1.54, 1.807) is 6.07 Å². The number of benzene rings is 1. The lowest BCUT2D eigenvalue weighted by Gasteiger charge is -2.15. The second-order valence-electron chi connectivity index (χ2n) is 3.68. The van der Waals surface area contributed by atoms with E-state index < -0.39 is 0 Å². The third-order valence-corrected chi connectivity index (χ3v) is 2.85. The molecule has 0 saturated carbocycles. The van der Waals surface area contributed by atoms with Gasteiger partial charge < -0.3 is 15.2 Å². The van der Waals surface area contributed by atoms with Crippen LogP contribution in [0.25, 0.3) is 0 Å². The first-order chi connectivity index (χ1) is 8.15. The number of halogens is 2. The summed E-state index contributed by atoms with van der Waals surface area (Å²) in [6.07, 6.45) is 0. The van der Waals surface area contributed by atoms with Crippen molar-refractivity contribution in [1.29, 1.82) is 0 Å². The molecule has 1 aromatic rings. The van der Waals surface area contributed by atoms with E-state index in [9.17, 15) is 4.39 Å². The quantitative estimate of drug-likeness (QED) is 0.759. The molecule has 96 valence electrons. The molecule has 0 aliphatic rings. The van der Waals surface area contributed by atoms with Gasteiger partial charge in [-0.15, -0.1) is 0 Å². The maximum absolute atomic E-state index is 13.6. The summed E-state index contributed by atoms with van der Waals surface area (Å²) >= 11 is 3.22. The van der Waals surface area contributed by atoms with Crippen molar-refractivity contribution in [3.63, 3.8) is 0 Å². The van der Waals surface area contributed by atoms with E-state index in [-0.39, 0.29) is 18.5 Å². The number of aliphatic hydroxyl groups is 1. The van der Waals surface area contributed by atoms with Crippen molar-refractivity contribution in [2.24, 2.45) is 0 Å². The highest BCUT2D eigenvalue weighted by Gasteiger charge is 2.10. The van der Waals surface area contributed by atoms with Crippen LogP contribution in [0.4, 0.5) is 4.39 Å². The molecule has 1 aromatic carbocycles. The summed E-state index contributed by atoms with van der Waals surface area (Å²) in [5.74, 6) is -0.226. The summed E-state index contributed by atoms with van der Waals surface area (Å²) in [5, 5.41) is 11.7.